The van der Waals surface area contributed by atoms with Crippen molar-refractivity contribution in [3.05, 3.63) is 77.7 Å². The van der Waals surface area contributed by atoms with E-state index in [-0.39, 0.29) is 0 Å². The number of aromatic nitrogens is 3. The second-order valence-electron chi connectivity index (χ2n) is 6.53. The number of nitrogens with zero attached hydrogens (tertiary/aromatic N) is 4. The fourth-order valence-corrected chi connectivity index (χ4v) is 3.47. The van der Waals surface area contributed by atoms with Crippen LogP contribution in [-0.2, 0) is 7.05 Å². The topological polar surface area (TPSA) is 45.5 Å². The molecular weight excluding hydrogens is 320 g/mol. The van der Waals surface area contributed by atoms with Crippen molar-refractivity contribution in [2.75, 3.05) is 0 Å². The lowest BCUT2D eigenvalue weighted by Crippen LogP contribution is -2.35. The van der Waals surface area contributed by atoms with Crippen molar-refractivity contribution in [2.24, 2.45) is 7.05 Å². The standard InChI is InChI=1S/C22H19N4/c1-15-10-18-6-4-5-7-19(18)14-26(15)22-12-17(13-23)11-20(16(22)2)21-8-9-24-25(21)3/h4-12,14H,1-3H3/q+1. The van der Waals surface area contributed by atoms with Gasteiger partial charge in [0.1, 0.15) is 0 Å². The summed E-state index contributed by atoms with van der Waals surface area (Å²) in [5.41, 5.74) is 5.93. The Bertz CT molecular complexity index is 1180. The third-order valence-electron chi connectivity index (χ3n) is 4.87. The van der Waals surface area contributed by atoms with Crippen LogP contribution in [0.3, 0.4) is 0 Å². The maximum atomic E-state index is 9.55. The lowest BCUT2D eigenvalue weighted by Gasteiger charge is -2.11. The molecule has 2 aromatic heterocycles. The van der Waals surface area contributed by atoms with Crippen LogP contribution in [0.25, 0.3) is 27.7 Å². The Morgan fingerprint density at radius 2 is 1.81 bits per heavy atom. The zero-order valence-corrected chi connectivity index (χ0v) is 15.1. The number of hydrogen-bond donors (Lipinski definition) is 0. The summed E-state index contributed by atoms with van der Waals surface area (Å²) in [5, 5.41) is 16.2. The molecule has 0 unspecified atom stereocenters. The van der Waals surface area contributed by atoms with Crippen LogP contribution in [0.15, 0.2) is 60.9 Å². The van der Waals surface area contributed by atoms with Crippen molar-refractivity contribution in [1.82, 2.24) is 9.78 Å². The van der Waals surface area contributed by atoms with E-state index in [4.69, 9.17) is 0 Å². The Balaban J connectivity index is 2.02. The van der Waals surface area contributed by atoms with E-state index in [0.29, 0.717) is 5.56 Å². The van der Waals surface area contributed by atoms with Gasteiger partial charge in [0.25, 0.3) is 0 Å². The van der Waals surface area contributed by atoms with E-state index in [2.05, 4.69) is 54.0 Å². The number of hydrogen-bond acceptors (Lipinski definition) is 2. The first-order chi connectivity index (χ1) is 12.6. The van der Waals surface area contributed by atoms with Gasteiger partial charge in [-0.25, -0.2) is 0 Å². The third-order valence-corrected chi connectivity index (χ3v) is 4.87. The minimum atomic E-state index is 0.641. The average molecular weight is 339 g/mol. The molecule has 0 spiro atoms. The van der Waals surface area contributed by atoms with Gasteiger partial charge in [-0.3, -0.25) is 4.68 Å². The quantitative estimate of drug-likeness (QED) is 0.518. The Hall–Kier alpha value is -3.45. The van der Waals surface area contributed by atoms with Crippen molar-refractivity contribution in [1.29, 1.82) is 5.26 Å². The molecule has 126 valence electrons. The average Bonchev–Trinajstić information content (AvgIpc) is 3.07. The molecule has 4 aromatic rings. The fourth-order valence-electron chi connectivity index (χ4n) is 3.47. The lowest BCUT2D eigenvalue weighted by atomic mass is 9.99. The van der Waals surface area contributed by atoms with Crippen LogP contribution in [0.4, 0.5) is 0 Å². The number of rotatable bonds is 2. The first-order valence-corrected chi connectivity index (χ1v) is 8.53. The maximum absolute atomic E-state index is 9.55. The fraction of sp³-hybridized carbons (Fsp3) is 0.136. The summed E-state index contributed by atoms with van der Waals surface area (Å²) < 4.78 is 4.00. The number of benzene rings is 2. The molecule has 4 rings (SSSR count). The molecule has 26 heavy (non-hydrogen) atoms. The Kier molecular flexibility index (Phi) is 3.78. The molecule has 0 radical (unpaired) electrons. The van der Waals surface area contributed by atoms with E-state index < -0.39 is 0 Å². The molecule has 4 heteroatoms. The van der Waals surface area contributed by atoms with Gasteiger partial charge in [-0.15, -0.1) is 0 Å². The zero-order valence-electron chi connectivity index (χ0n) is 15.1. The highest BCUT2D eigenvalue weighted by Gasteiger charge is 2.20. The van der Waals surface area contributed by atoms with Gasteiger partial charge in [0.15, 0.2) is 11.9 Å². The second-order valence-corrected chi connectivity index (χ2v) is 6.53. The van der Waals surface area contributed by atoms with Gasteiger partial charge in [0.05, 0.1) is 17.3 Å². The van der Waals surface area contributed by atoms with Crippen LogP contribution in [-0.4, -0.2) is 9.78 Å². The van der Waals surface area contributed by atoms with E-state index in [0.717, 1.165) is 28.2 Å². The summed E-state index contributed by atoms with van der Waals surface area (Å²) in [5.74, 6) is 0. The molecule has 2 aromatic carbocycles. The number of nitriles is 1. The molecule has 0 aliphatic heterocycles. The van der Waals surface area contributed by atoms with Gasteiger partial charge in [-0.1, -0.05) is 18.2 Å². The van der Waals surface area contributed by atoms with Crippen molar-refractivity contribution >= 4 is 10.8 Å². The summed E-state index contributed by atoms with van der Waals surface area (Å²) in [7, 11) is 1.92. The summed E-state index contributed by atoms with van der Waals surface area (Å²) in [6.07, 6.45) is 3.92. The summed E-state index contributed by atoms with van der Waals surface area (Å²) >= 11 is 0. The van der Waals surface area contributed by atoms with Gasteiger partial charge in [-0.05, 0) is 30.5 Å². The highest BCUT2D eigenvalue weighted by Crippen LogP contribution is 2.28. The van der Waals surface area contributed by atoms with Crippen LogP contribution in [0.2, 0.25) is 0 Å². The van der Waals surface area contributed by atoms with Crippen LogP contribution in [0, 0.1) is 25.2 Å². The highest BCUT2D eigenvalue weighted by atomic mass is 15.3. The molecule has 0 aliphatic rings. The molecule has 0 atom stereocenters. The molecule has 0 bridgehead atoms. The van der Waals surface area contributed by atoms with Gasteiger partial charge >= 0.3 is 0 Å². The maximum Gasteiger partial charge on any atom is 0.215 e. The Morgan fingerprint density at radius 3 is 2.50 bits per heavy atom. The molecular formula is C22H19N4+. The summed E-state index contributed by atoms with van der Waals surface area (Å²) in [6.45, 7) is 4.19. The normalized spacial score (nSPS) is 10.8. The van der Waals surface area contributed by atoms with Crippen LogP contribution >= 0.6 is 0 Å². The van der Waals surface area contributed by atoms with Crippen molar-refractivity contribution in [2.45, 2.75) is 13.8 Å². The van der Waals surface area contributed by atoms with Gasteiger partial charge in [0, 0.05) is 48.8 Å². The van der Waals surface area contributed by atoms with E-state index in [1.165, 1.54) is 10.8 Å². The predicted molar refractivity (Wildman–Crippen MR) is 102 cm³/mol. The SMILES string of the molecule is Cc1c(-c2ccnn2C)cc(C#N)cc1-[n+]1cc2ccccc2cc1C. The van der Waals surface area contributed by atoms with Gasteiger partial charge in [0.2, 0.25) is 5.69 Å². The highest BCUT2D eigenvalue weighted by molar-refractivity contribution is 5.81. The largest absolute Gasteiger partial charge is 0.268 e. The number of fused-ring (bicyclic) bond motifs is 1. The van der Waals surface area contributed by atoms with Gasteiger partial charge in [-0.2, -0.15) is 14.9 Å². The van der Waals surface area contributed by atoms with E-state index in [1.807, 2.05) is 42.1 Å². The van der Waals surface area contributed by atoms with Crippen LogP contribution in [0.1, 0.15) is 16.8 Å². The predicted octanol–water partition coefficient (Wildman–Crippen LogP) is 4.01. The minimum Gasteiger partial charge on any atom is -0.268 e. The van der Waals surface area contributed by atoms with Crippen LogP contribution in [0.5, 0.6) is 0 Å². The van der Waals surface area contributed by atoms with Crippen molar-refractivity contribution in [3.8, 4) is 23.0 Å². The Morgan fingerprint density at radius 1 is 1.04 bits per heavy atom. The summed E-state index contributed by atoms with van der Waals surface area (Å²) in [6, 6.07) is 18.7. The molecule has 0 amide bonds. The molecule has 0 fully saturated rings. The second kappa shape index (κ2) is 6.12. The third kappa shape index (κ3) is 2.55. The molecule has 0 saturated heterocycles. The number of aryl methyl sites for hydroxylation is 2. The molecule has 0 N–H and O–H groups in total. The van der Waals surface area contributed by atoms with E-state index in [9.17, 15) is 5.26 Å². The molecule has 4 nitrogen and oxygen atoms in total. The van der Waals surface area contributed by atoms with E-state index in [1.54, 1.807) is 6.20 Å². The Labute approximate surface area is 152 Å². The van der Waals surface area contributed by atoms with Crippen molar-refractivity contribution < 1.29 is 4.57 Å². The first-order valence-electron chi connectivity index (χ1n) is 8.53. The van der Waals surface area contributed by atoms with Gasteiger partial charge < -0.3 is 0 Å². The first kappa shape index (κ1) is 16.0. The van der Waals surface area contributed by atoms with Crippen LogP contribution < -0.4 is 4.57 Å². The van der Waals surface area contributed by atoms with E-state index >= 15 is 0 Å². The molecule has 2 heterocycles. The molecule has 0 aliphatic carbocycles. The number of pyridine rings is 1. The summed E-state index contributed by atoms with van der Waals surface area (Å²) in [4.78, 5) is 0. The zero-order chi connectivity index (χ0) is 18.3. The lowest BCUT2D eigenvalue weighted by molar-refractivity contribution is -0.601. The monoisotopic (exact) mass is 339 g/mol. The minimum absolute atomic E-state index is 0.641. The smallest absolute Gasteiger partial charge is 0.215 e. The molecule has 0 saturated carbocycles. The van der Waals surface area contributed by atoms with Crippen molar-refractivity contribution in [3.63, 3.8) is 0 Å².